The molecule has 4 nitrogen and oxygen atoms in total. The molecule has 102 valence electrons. The highest BCUT2D eigenvalue weighted by Crippen LogP contribution is 2.50. The van der Waals surface area contributed by atoms with Gasteiger partial charge in [-0.1, -0.05) is 0 Å². The molecule has 3 rings (SSSR count). The van der Waals surface area contributed by atoms with Crippen molar-refractivity contribution in [1.82, 2.24) is 0 Å². The Labute approximate surface area is 112 Å². The van der Waals surface area contributed by atoms with Crippen LogP contribution in [0.4, 0.5) is 0 Å². The van der Waals surface area contributed by atoms with Gasteiger partial charge in [-0.2, -0.15) is 0 Å². The maximum atomic E-state index is 11.8. The molecule has 0 atom stereocenters. The fraction of sp³-hybridized carbons (Fsp3) is 0.533. The zero-order valence-electron chi connectivity index (χ0n) is 11.3. The van der Waals surface area contributed by atoms with Crippen LogP contribution in [0.15, 0.2) is 12.1 Å². The van der Waals surface area contributed by atoms with Gasteiger partial charge in [0.05, 0.1) is 12.5 Å². The fourth-order valence-electron chi connectivity index (χ4n) is 2.61. The van der Waals surface area contributed by atoms with Crippen LogP contribution >= 0.6 is 0 Å². The molecule has 0 N–H and O–H groups in total. The number of benzene rings is 1. The summed E-state index contributed by atoms with van der Waals surface area (Å²) >= 11 is 0. The third-order valence-electron chi connectivity index (χ3n) is 4.00. The molecule has 1 saturated carbocycles. The van der Waals surface area contributed by atoms with E-state index in [4.69, 9.17) is 14.2 Å². The van der Waals surface area contributed by atoms with Crippen LogP contribution in [0.3, 0.4) is 0 Å². The lowest BCUT2D eigenvalue weighted by molar-refractivity contribution is -0.147. The molecule has 1 aliphatic heterocycles. The van der Waals surface area contributed by atoms with Gasteiger partial charge in [0, 0.05) is 0 Å². The summed E-state index contributed by atoms with van der Waals surface area (Å²) in [7, 11) is 1.46. The Morgan fingerprint density at radius 2 is 1.89 bits per heavy atom. The van der Waals surface area contributed by atoms with Gasteiger partial charge in [0.25, 0.3) is 0 Å². The van der Waals surface area contributed by atoms with E-state index in [1.807, 2.05) is 19.1 Å². The number of esters is 1. The molecule has 0 spiro atoms. The number of fused-ring (bicyclic) bond motifs is 1. The predicted octanol–water partition coefficient (Wildman–Crippen LogP) is 2.26. The van der Waals surface area contributed by atoms with Crippen LogP contribution in [0.1, 0.15) is 24.0 Å². The first-order valence-corrected chi connectivity index (χ1v) is 6.62. The van der Waals surface area contributed by atoms with Crippen molar-refractivity contribution < 1.29 is 19.0 Å². The number of aryl methyl sites for hydroxylation is 1. The molecule has 1 heterocycles. The van der Waals surface area contributed by atoms with E-state index < -0.39 is 0 Å². The van der Waals surface area contributed by atoms with Crippen LogP contribution in [0.2, 0.25) is 0 Å². The van der Waals surface area contributed by atoms with Crippen molar-refractivity contribution in [3.8, 4) is 11.5 Å². The lowest BCUT2D eigenvalue weighted by Gasteiger charge is -2.21. The summed E-state index contributed by atoms with van der Waals surface area (Å²) in [6.45, 7) is 3.22. The smallest absolute Gasteiger partial charge is 0.312 e. The lowest BCUT2D eigenvalue weighted by atomic mass is 9.93. The largest absolute Gasteiger partial charge is 0.486 e. The molecule has 1 fully saturated rings. The fourth-order valence-corrected chi connectivity index (χ4v) is 2.61. The third-order valence-corrected chi connectivity index (χ3v) is 4.00. The Balaban J connectivity index is 1.87. The first-order valence-electron chi connectivity index (χ1n) is 6.62. The zero-order chi connectivity index (χ0) is 13.5. The average molecular weight is 262 g/mol. The maximum absolute atomic E-state index is 11.8. The molecule has 0 radical (unpaired) electrons. The highest BCUT2D eigenvalue weighted by molar-refractivity contribution is 5.80. The standard InChI is InChI=1S/C15H18O4/c1-10-7-12-13(19-6-5-18-12)8-11(10)9-15(3-4-15)14(16)17-2/h7-8H,3-6,9H2,1-2H3. The number of methoxy groups -OCH3 is 1. The van der Waals surface area contributed by atoms with E-state index in [1.54, 1.807) is 0 Å². The monoisotopic (exact) mass is 262 g/mol. The zero-order valence-corrected chi connectivity index (χ0v) is 11.3. The van der Waals surface area contributed by atoms with Gasteiger partial charge >= 0.3 is 5.97 Å². The highest BCUT2D eigenvalue weighted by atomic mass is 16.6. The molecule has 0 aromatic heterocycles. The minimum Gasteiger partial charge on any atom is -0.486 e. The van der Waals surface area contributed by atoms with Crippen molar-refractivity contribution in [2.75, 3.05) is 20.3 Å². The van der Waals surface area contributed by atoms with E-state index in [-0.39, 0.29) is 11.4 Å². The van der Waals surface area contributed by atoms with Crippen LogP contribution in [-0.2, 0) is 16.0 Å². The second-order valence-electron chi connectivity index (χ2n) is 5.37. The number of hydrogen-bond acceptors (Lipinski definition) is 4. The minimum atomic E-state index is -0.302. The summed E-state index contributed by atoms with van der Waals surface area (Å²) in [5, 5.41) is 0. The Morgan fingerprint density at radius 3 is 2.47 bits per heavy atom. The Bertz CT molecular complexity index is 517. The van der Waals surface area contributed by atoms with E-state index in [9.17, 15) is 4.79 Å². The van der Waals surface area contributed by atoms with Crippen LogP contribution in [-0.4, -0.2) is 26.3 Å². The van der Waals surface area contributed by atoms with E-state index in [0.717, 1.165) is 41.9 Å². The quantitative estimate of drug-likeness (QED) is 0.784. The van der Waals surface area contributed by atoms with E-state index in [1.165, 1.54) is 7.11 Å². The topological polar surface area (TPSA) is 44.8 Å². The van der Waals surface area contributed by atoms with Crippen molar-refractivity contribution in [2.24, 2.45) is 5.41 Å². The molecule has 1 aromatic rings. The molecular formula is C15H18O4. The van der Waals surface area contributed by atoms with Crippen molar-refractivity contribution in [3.05, 3.63) is 23.3 Å². The van der Waals surface area contributed by atoms with E-state index in [2.05, 4.69) is 0 Å². The molecule has 1 aromatic carbocycles. The highest BCUT2D eigenvalue weighted by Gasteiger charge is 2.51. The van der Waals surface area contributed by atoms with E-state index in [0.29, 0.717) is 13.2 Å². The van der Waals surface area contributed by atoms with Crippen molar-refractivity contribution >= 4 is 5.97 Å². The van der Waals surface area contributed by atoms with Gasteiger partial charge in [-0.3, -0.25) is 4.79 Å². The summed E-state index contributed by atoms with van der Waals surface area (Å²) < 4.78 is 16.1. The number of carbonyl (C=O) groups is 1. The SMILES string of the molecule is COC(=O)C1(Cc2cc3c(cc2C)OCCO3)CC1. The van der Waals surface area contributed by atoms with Gasteiger partial charge in [0.15, 0.2) is 11.5 Å². The molecule has 0 saturated heterocycles. The average Bonchev–Trinajstić information content (AvgIpc) is 3.19. The van der Waals surface area contributed by atoms with Crippen molar-refractivity contribution in [1.29, 1.82) is 0 Å². The number of carbonyl (C=O) groups excluding carboxylic acids is 1. The van der Waals surface area contributed by atoms with Gasteiger partial charge in [-0.25, -0.2) is 0 Å². The van der Waals surface area contributed by atoms with Crippen LogP contribution in [0, 0.1) is 12.3 Å². The Morgan fingerprint density at radius 1 is 1.26 bits per heavy atom. The Kier molecular flexibility index (Phi) is 2.88. The third kappa shape index (κ3) is 2.15. The van der Waals surface area contributed by atoms with E-state index >= 15 is 0 Å². The lowest BCUT2D eigenvalue weighted by Crippen LogP contribution is -2.21. The molecule has 0 bridgehead atoms. The molecule has 1 aliphatic carbocycles. The molecular weight excluding hydrogens is 244 g/mol. The first-order chi connectivity index (χ1) is 9.14. The number of hydrogen-bond donors (Lipinski definition) is 0. The van der Waals surface area contributed by atoms with Crippen LogP contribution in [0.5, 0.6) is 11.5 Å². The maximum Gasteiger partial charge on any atom is 0.312 e. The summed E-state index contributed by atoms with van der Waals surface area (Å²) in [6.07, 6.45) is 2.54. The van der Waals surface area contributed by atoms with Gasteiger partial charge in [0.2, 0.25) is 0 Å². The normalized spacial score (nSPS) is 18.8. The predicted molar refractivity (Wildman–Crippen MR) is 69.6 cm³/mol. The second-order valence-corrected chi connectivity index (χ2v) is 5.37. The van der Waals surface area contributed by atoms with Gasteiger partial charge in [-0.15, -0.1) is 0 Å². The minimum absolute atomic E-state index is 0.0956. The number of rotatable bonds is 3. The summed E-state index contributed by atoms with van der Waals surface area (Å²) in [5.41, 5.74) is 1.98. The van der Waals surface area contributed by atoms with Gasteiger partial charge in [-0.05, 0) is 49.4 Å². The Hall–Kier alpha value is -1.71. The first kappa shape index (κ1) is 12.3. The molecule has 0 amide bonds. The van der Waals surface area contributed by atoms with Crippen molar-refractivity contribution in [3.63, 3.8) is 0 Å². The second kappa shape index (κ2) is 4.44. The van der Waals surface area contributed by atoms with Gasteiger partial charge in [0.1, 0.15) is 13.2 Å². The van der Waals surface area contributed by atoms with Gasteiger partial charge < -0.3 is 14.2 Å². The summed E-state index contributed by atoms with van der Waals surface area (Å²) in [4.78, 5) is 11.8. The van der Waals surface area contributed by atoms with Crippen LogP contribution < -0.4 is 9.47 Å². The van der Waals surface area contributed by atoms with Crippen molar-refractivity contribution in [2.45, 2.75) is 26.2 Å². The molecule has 0 unspecified atom stereocenters. The number of ether oxygens (including phenoxy) is 3. The molecule has 4 heteroatoms. The summed E-state index contributed by atoms with van der Waals surface area (Å²) in [6, 6.07) is 4.00. The summed E-state index contributed by atoms with van der Waals surface area (Å²) in [5.74, 6) is 1.49. The van der Waals surface area contributed by atoms with Crippen LogP contribution in [0.25, 0.3) is 0 Å². The molecule has 2 aliphatic rings. The molecule has 19 heavy (non-hydrogen) atoms.